The zero-order valence-corrected chi connectivity index (χ0v) is 12.9. The van der Waals surface area contributed by atoms with Crippen LogP contribution in [0.3, 0.4) is 0 Å². The first-order valence-electron chi connectivity index (χ1n) is 7.54. The third kappa shape index (κ3) is 2.69. The van der Waals surface area contributed by atoms with E-state index in [1.165, 1.54) is 24.3 Å². The molecule has 120 valence electrons. The van der Waals surface area contributed by atoms with E-state index < -0.39 is 26.8 Å². The standard InChI is InChI=1S/C16H18F2O3S/c17-16(18)11-6-4-10(5-7-11)15(19)12-8-13-2-1-3-14(9-12)22(13,20)21/h4-7,12-14,16H,1-3,8-9H2. The minimum atomic E-state index is -3.08. The highest BCUT2D eigenvalue weighted by Gasteiger charge is 2.46. The number of alkyl halides is 2. The van der Waals surface area contributed by atoms with Gasteiger partial charge in [0.1, 0.15) is 0 Å². The Morgan fingerprint density at radius 3 is 2.09 bits per heavy atom. The maximum atomic E-state index is 12.5. The van der Waals surface area contributed by atoms with Crippen LogP contribution in [-0.4, -0.2) is 24.7 Å². The lowest BCUT2D eigenvalue weighted by Gasteiger charge is -2.38. The first-order valence-corrected chi connectivity index (χ1v) is 9.15. The third-order valence-corrected chi connectivity index (χ3v) is 7.61. The molecule has 0 spiro atoms. The zero-order chi connectivity index (χ0) is 15.9. The topological polar surface area (TPSA) is 51.2 Å². The number of carbonyl (C=O) groups is 1. The molecule has 0 N–H and O–H groups in total. The number of ketones is 1. The molecule has 2 aliphatic rings. The number of Topliss-reactive ketones (excluding diaryl/α,β-unsaturated/α-hetero) is 1. The van der Waals surface area contributed by atoms with Crippen molar-refractivity contribution in [3.8, 4) is 0 Å². The van der Waals surface area contributed by atoms with Crippen molar-refractivity contribution in [3.05, 3.63) is 35.4 Å². The molecule has 1 aromatic rings. The molecule has 2 fully saturated rings. The molecule has 22 heavy (non-hydrogen) atoms. The van der Waals surface area contributed by atoms with Gasteiger partial charge in [0.25, 0.3) is 6.43 Å². The highest BCUT2D eigenvalue weighted by Crippen LogP contribution is 2.40. The van der Waals surface area contributed by atoms with E-state index in [-0.39, 0.29) is 17.3 Å². The molecular weight excluding hydrogens is 310 g/mol. The van der Waals surface area contributed by atoms with Gasteiger partial charge >= 0.3 is 0 Å². The summed E-state index contributed by atoms with van der Waals surface area (Å²) in [4.78, 5) is 12.5. The summed E-state index contributed by atoms with van der Waals surface area (Å²) in [5.74, 6) is -0.427. The van der Waals surface area contributed by atoms with Crippen LogP contribution >= 0.6 is 0 Å². The van der Waals surface area contributed by atoms with Crippen molar-refractivity contribution < 1.29 is 22.0 Å². The van der Waals surface area contributed by atoms with E-state index in [9.17, 15) is 22.0 Å². The first kappa shape index (κ1) is 15.6. The monoisotopic (exact) mass is 328 g/mol. The summed E-state index contributed by atoms with van der Waals surface area (Å²) in [6, 6.07) is 5.36. The minimum Gasteiger partial charge on any atom is -0.294 e. The number of halogens is 2. The van der Waals surface area contributed by atoms with Crippen LogP contribution in [0.15, 0.2) is 24.3 Å². The van der Waals surface area contributed by atoms with Gasteiger partial charge in [-0.25, -0.2) is 17.2 Å². The van der Waals surface area contributed by atoms with Crippen LogP contribution in [0.5, 0.6) is 0 Å². The Hall–Kier alpha value is -1.30. The summed E-state index contributed by atoms with van der Waals surface area (Å²) in [7, 11) is -3.08. The van der Waals surface area contributed by atoms with E-state index in [2.05, 4.69) is 0 Å². The van der Waals surface area contributed by atoms with Crippen LogP contribution in [0, 0.1) is 5.92 Å². The fourth-order valence-corrected chi connectivity index (χ4v) is 6.19. The van der Waals surface area contributed by atoms with Gasteiger partial charge in [-0.3, -0.25) is 4.79 Å². The van der Waals surface area contributed by atoms with E-state index in [0.717, 1.165) is 6.42 Å². The number of fused-ring (bicyclic) bond motifs is 2. The average molecular weight is 328 g/mol. The van der Waals surface area contributed by atoms with Crippen molar-refractivity contribution in [2.45, 2.75) is 49.0 Å². The highest BCUT2D eigenvalue weighted by molar-refractivity contribution is 7.92. The number of hydrogen-bond donors (Lipinski definition) is 0. The summed E-state index contributed by atoms with van der Waals surface area (Å²) < 4.78 is 49.5. The molecule has 2 aliphatic heterocycles. The molecule has 2 unspecified atom stereocenters. The second kappa shape index (κ2) is 5.72. The molecule has 0 radical (unpaired) electrons. The van der Waals surface area contributed by atoms with Gasteiger partial charge in [-0.05, 0) is 25.7 Å². The van der Waals surface area contributed by atoms with Crippen LogP contribution < -0.4 is 0 Å². The third-order valence-electron chi connectivity index (χ3n) is 4.89. The zero-order valence-electron chi connectivity index (χ0n) is 12.0. The number of sulfone groups is 1. The van der Waals surface area contributed by atoms with Crippen molar-refractivity contribution >= 4 is 15.6 Å². The fourth-order valence-electron chi connectivity index (χ4n) is 3.65. The predicted octanol–water partition coefficient (Wildman–Crippen LogP) is 3.55. The maximum Gasteiger partial charge on any atom is 0.263 e. The Morgan fingerprint density at radius 1 is 1.05 bits per heavy atom. The van der Waals surface area contributed by atoms with E-state index in [1.807, 2.05) is 0 Å². The maximum absolute atomic E-state index is 12.5. The van der Waals surface area contributed by atoms with Gasteiger partial charge in [0.15, 0.2) is 15.6 Å². The Kier molecular flexibility index (Phi) is 4.05. The van der Waals surface area contributed by atoms with Gasteiger partial charge in [-0.2, -0.15) is 0 Å². The smallest absolute Gasteiger partial charge is 0.263 e. The van der Waals surface area contributed by atoms with Gasteiger partial charge < -0.3 is 0 Å². The second-order valence-corrected chi connectivity index (χ2v) is 8.73. The molecule has 2 bridgehead atoms. The van der Waals surface area contributed by atoms with Gasteiger partial charge in [0.2, 0.25) is 0 Å². The molecule has 2 atom stereocenters. The van der Waals surface area contributed by atoms with Crippen molar-refractivity contribution in [1.29, 1.82) is 0 Å². The average Bonchev–Trinajstić information content (AvgIpc) is 2.45. The normalized spacial score (nSPS) is 30.2. The lowest BCUT2D eigenvalue weighted by atomic mass is 9.84. The lowest BCUT2D eigenvalue weighted by molar-refractivity contribution is 0.0893. The van der Waals surface area contributed by atoms with Gasteiger partial charge in [0, 0.05) is 17.0 Å². The van der Waals surface area contributed by atoms with Gasteiger partial charge in [-0.1, -0.05) is 30.7 Å². The van der Waals surface area contributed by atoms with Crippen LogP contribution in [0.25, 0.3) is 0 Å². The molecule has 3 rings (SSSR count). The molecule has 6 heteroatoms. The number of carbonyl (C=O) groups excluding carboxylic acids is 1. The quantitative estimate of drug-likeness (QED) is 0.797. The second-order valence-electron chi connectivity index (χ2n) is 6.22. The largest absolute Gasteiger partial charge is 0.294 e. The van der Waals surface area contributed by atoms with E-state index >= 15 is 0 Å². The molecule has 2 heterocycles. The summed E-state index contributed by atoms with van der Waals surface area (Å²) in [6.07, 6.45) is 0.351. The number of hydrogen-bond acceptors (Lipinski definition) is 3. The summed E-state index contributed by atoms with van der Waals surface area (Å²) in [5, 5.41) is -0.816. The molecule has 2 saturated heterocycles. The van der Waals surface area contributed by atoms with Crippen molar-refractivity contribution in [2.24, 2.45) is 5.92 Å². The molecular formula is C16H18F2O3S. The van der Waals surface area contributed by atoms with E-state index in [1.54, 1.807) is 0 Å². The van der Waals surface area contributed by atoms with Crippen molar-refractivity contribution in [3.63, 3.8) is 0 Å². The van der Waals surface area contributed by atoms with Crippen LogP contribution in [0.1, 0.15) is 54.5 Å². The molecule has 0 saturated carbocycles. The summed E-state index contributed by atoms with van der Waals surface area (Å²) in [6.45, 7) is 0. The van der Waals surface area contributed by atoms with Crippen molar-refractivity contribution in [1.82, 2.24) is 0 Å². The SMILES string of the molecule is O=C(c1ccc(C(F)F)cc1)C1CC2CCCC(C1)S2(=O)=O. The lowest BCUT2D eigenvalue weighted by Crippen LogP contribution is -2.45. The van der Waals surface area contributed by atoms with Crippen molar-refractivity contribution in [2.75, 3.05) is 0 Å². The molecule has 1 aromatic carbocycles. The molecule has 3 nitrogen and oxygen atoms in total. The summed E-state index contributed by atoms with van der Waals surface area (Å²) >= 11 is 0. The Bertz CT molecular complexity index is 647. The molecule has 0 aliphatic carbocycles. The predicted molar refractivity (Wildman–Crippen MR) is 78.8 cm³/mol. The van der Waals surface area contributed by atoms with Gasteiger partial charge in [-0.15, -0.1) is 0 Å². The Morgan fingerprint density at radius 2 is 1.59 bits per heavy atom. The van der Waals surface area contributed by atoms with Gasteiger partial charge in [0.05, 0.1) is 10.5 Å². The van der Waals surface area contributed by atoms with Crippen LogP contribution in [0.4, 0.5) is 8.78 Å². The summed E-state index contributed by atoms with van der Waals surface area (Å²) in [5.41, 5.74) is 0.284. The molecule has 0 aromatic heterocycles. The first-order chi connectivity index (χ1) is 10.4. The molecule has 0 amide bonds. The Balaban J connectivity index is 1.79. The number of benzene rings is 1. The van der Waals surface area contributed by atoms with E-state index in [0.29, 0.717) is 31.2 Å². The van der Waals surface area contributed by atoms with Crippen LogP contribution in [0.2, 0.25) is 0 Å². The number of rotatable bonds is 3. The fraction of sp³-hybridized carbons (Fsp3) is 0.562. The Labute approximate surface area is 128 Å². The van der Waals surface area contributed by atoms with Crippen LogP contribution in [-0.2, 0) is 9.84 Å². The minimum absolute atomic E-state index is 0.111. The highest BCUT2D eigenvalue weighted by atomic mass is 32.2. The van der Waals surface area contributed by atoms with E-state index in [4.69, 9.17) is 0 Å².